The summed E-state index contributed by atoms with van der Waals surface area (Å²) in [5.74, 6) is 56.1. The first-order valence-electron chi connectivity index (χ1n) is 58.8. The number of halogens is 1. The Balaban J connectivity index is 0.000000101. The maximum Gasteiger partial charge on any atom is 0.302 e. The van der Waals surface area contributed by atoms with Crippen molar-refractivity contribution in [1.29, 1.82) is 0 Å². The predicted octanol–water partition coefficient (Wildman–Crippen LogP) is 31.9. The van der Waals surface area contributed by atoms with Crippen LogP contribution in [-0.2, 0) is 14.4 Å². The number of ether oxygens (including phenoxy) is 1. The largest absolute Gasteiger partial charge is 0.462 e. The maximum absolute atomic E-state index is 10.8. The zero-order chi connectivity index (χ0) is 93.0. The third-order valence-electron chi connectivity index (χ3n) is 52.8. The summed E-state index contributed by atoms with van der Waals surface area (Å²) in [6.45, 7) is 64.3. The monoisotopic (exact) mass is 1820 g/mol. The number of alkyl halides is 1. The Bertz CT molecular complexity index is 3530. The van der Waals surface area contributed by atoms with Crippen LogP contribution < -0.4 is 0 Å². The number of aliphatic hydroxyl groups excluding tert-OH is 2. The van der Waals surface area contributed by atoms with Gasteiger partial charge in [-0.05, 0) is 529 Å². The van der Waals surface area contributed by atoms with E-state index in [-0.39, 0.29) is 29.7 Å². The zero-order valence-corrected chi connectivity index (χ0v) is 90.0. The van der Waals surface area contributed by atoms with Gasteiger partial charge in [-0.3, -0.25) is 10.1 Å². The van der Waals surface area contributed by atoms with Crippen LogP contribution in [-0.4, -0.2) is 51.7 Å². The van der Waals surface area contributed by atoms with Gasteiger partial charge in [-0.15, -0.1) is 11.6 Å². The highest BCUT2D eigenvalue weighted by molar-refractivity contribution is 6.21. The molecule has 26 saturated carbocycles. The van der Waals surface area contributed by atoms with Gasteiger partial charge in [0.2, 0.25) is 0 Å². The van der Waals surface area contributed by atoms with Gasteiger partial charge in [-0.1, -0.05) is 199 Å². The molecule has 7 heteroatoms. The zero-order valence-electron chi connectivity index (χ0n) is 89.2. The maximum atomic E-state index is 10.8. The molecule has 61 unspecified atom stereocenters. The molecule has 0 amide bonds. The third kappa shape index (κ3) is 18.5. The topological polar surface area (TPSA) is 96.2 Å². The highest BCUT2D eigenvalue weighted by atomic mass is 35.5. The summed E-state index contributed by atoms with van der Waals surface area (Å²) in [6.07, 6.45) is 48.7. The van der Waals surface area contributed by atoms with Gasteiger partial charge in [0.05, 0.1) is 6.10 Å². The Labute approximate surface area is 806 Å². The van der Waals surface area contributed by atoms with Crippen molar-refractivity contribution in [2.75, 3.05) is 6.61 Å². The molecular formula is C123H209ClO6. The molecule has 0 heterocycles. The molecule has 0 radical (unpaired) electrons. The summed E-state index contributed by atoms with van der Waals surface area (Å²) in [5, 5.41) is 28.4. The minimum atomic E-state index is -0.114. The van der Waals surface area contributed by atoms with Gasteiger partial charge in [0, 0.05) is 18.9 Å². The first-order valence-corrected chi connectivity index (χ1v) is 59.3. The lowest BCUT2D eigenvalue weighted by atomic mass is 9.64. The van der Waals surface area contributed by atoms with Gasteiger partial charge in [0.1, 0.15) is 12.2 Å². The Hall–Kier alpha value is -0.660. The normalized spacial score (nSPS) is 57.4. The van der Waals surface area contributed by atoms with Crippen LogP contribution in [0.5, 0.6) is 0 Å². The Morgan fingerprint density at radius 3 is 1.18 bits per heavy atom. The lowest BCUT2D eigenvalue weighted by Gasteiger charge is -2.41. The Morgan fingerprint density at radius 1 is 0.346 bits per heavy atom. The number of carbonyl (C=O) groups is 1. The third-order valence-corrected chi connectivity index (χ3v) is 53.3. The molecule has 0 aromatic carbocycles. The van der Waals surface area contributed by atoms with E-state index in [4.69, 9.17) is 26.3 Å². The average Bonchev–Trinajstić information content (AvgIpc) is 1.54. The standard InChI is InChI=1S/C15H28O2.C14H22.2C12H20.C12H18.C11H18O2.C10H18O.C10H18.C9H15Cl.C9H16O.C9H16/c1-6-15(4,5)14(17-16)13-8-11-7-12(13)10(3)9(11)2;1-7-8(2)12-6-11(7)13-9-3-4-10(5-9)14(12)13;1-7-5-11-9-3-4-10(6-9)12(11)8(7)2;2*1-7-8(2)12-6-11(7)9-4-3-5-10(9)12;1-6-7(2)10-4-9(6)5-11(10)13-8(3)12;1-6-7(2)10-4-8(6)3-9(10)5-11;1-6-4-9-5-10(6)8(3)7(9)2;2*1-5-6(2)8-3-7(5)4-9(8)10;1-6-7(2)9-4-3-8(6)5-9/h9-14,16H,6-8H2,1-5H3;7-14H,3-6H2,1-2H3;2*7-12H,3-6H2,1-2H3;3-4,7-12H,5-6H2,1-2H3;6-7,9-11H,4-5H2,1-3H3;6-11H,3-5H2,1-2H3;6-10H,4-5H2,1-3H3;5-9H,3-4H2,1-2H3;5-10H,3-4H2,1-2H3;6-9H,3-5H2,1-2H3. The van der Waals surface area contributed by atoms with Gasteiger partial charge in [0.25, 0.3) is 0 Å². The molecule has 0 saturated heterocycles. The summed E-state index contributed by atoms with van der Waals surface area (Å²) in [4.78, 5) is 15.8. The average molecular weight is 1820 g/mol. The fourth-order valence-corrected chi connectivity index (χ4v) is 43.1. The van der Waals surface area contributed by atoms with Crippen molar-refractivity contribution in [3.63, 3.8) is 0 Å². The van der Waals surface area contributed by atoms with Crippen molar-refractivity contribution in [1.82, 2.24) is 0 Å². The van der Waals surface area contributed by atoms with Crippen LogP contribution in [0.25, 0.3) is 0 Å². The predicted molar refractivity (Wildman–Crippen MR) is 542 cm³/mol. The van der Waals surface area contributed by atoms with E-state index in [1.54, 1.807) is 96.3 Å². The Morgan fingerprint density at radius 2 is 0.746 bits per heavy atom. The van der Waals surface area contributed by atoms with Gasteiger partial charge >= 0.3 is 5.97 Å². The molecule has 744 valence electrons. The van der Waals surface area contributed by atoms with Gasteiger partial charge in [0.15, 0.2) is 0 Å². The number of hydrogen-bond donors (Lipinski definition) is 3. The van der Waals surface area contributed by atoms with Crippen molar-refractivity contribution in [3.8, 4) is 0 Å². The van der Waals surface area contributed by atoms with E-state index in [1.165, 1.54) is 119 Å². The fraction of sp³-hybridized carbons (Fsp3) is 0.976. The van der Waals surface area contributed by atoms with Crippen LogP contribution in [0.1, 0.15) is 380 Å². The second-order valence-corrected chi connectivity index (χ2v) is 57.1. The fourth-order valence-electron chi connectivity index (χ4n) is 42.6. The van der Waals surface area contributed by atoms with E-state index in [9.17, 15) is 15.2 Å². The minimum Gasteiger partial charge on any atom is -0.462 e. The highest BCUT2D eigenvalue weighted by Gasteiger charge is 2.65. The van der Waals surface area contributed by atoms with Crippen molar-refractivity contribution < 1.29 is 29.9 Å². The molecule has 0 spiro atoms. The summed E-state index contributed by atoms with van der Waals surface area (Å²) in [7, 11) is 0. The molecule has 26 fully saturated rings. The van der Waals surface area contributed by atoms with Crippen molar-refractivity contribution in [2.45, 2.75) is 403 Å². The summed E-state index contributed by atoms with van der Waals surface area (Å²) < 4.78 is 5.32. The number of rotatable bonds is 6. The molecule has 27 aliphatic rings. The molecule has 61 atom stereocenters. The first-order chi connectivity index (χ1) is 61.7. The number of allylic oxidation sites excluding steroid dienone is 2. The van der Waals surface area contributed by atoms with E-state index in [1.807, 2.05) is 0 Å². The second kappa shape index (κ2) is 40.6. The quantitative estimate of drug-likeness (QED) is 0.0612. The summed E-state index contributed by atoms with van der Waals surface area (Å²) in [6, 6.07) is 0. The molecule has 130 heavy (non-hydrogen) atoms. The molecular weight excluding hydrogens is 1610 g/mol. The van der Waals surface area contributed by atoms with Crippen molar-refractivity contribution >= 4 is 17.6 Å². The molecule has 0 aliphatic heterocycles. The first kappa shape index (κ1) is 101. The van der Waals surface area contributed by atoms with Crippen LogP contribution >= 0.6 is 11.6 Å². The van der Waals surface area contributed by atoms with Gasteiger partial charge in [-0.2, -0.15) is 0 Å². The number of esters is 1. The van der Waals surface area contributed by atoms with Crippen LogP contribution in [0.2, 0.25) is 0 Å². The smallest absolute Gasteiger partial charge is 0.302 e. The minimum absolute atomic E-state index is 0.0115. The van der Waals surface area contributed by atoms with Crippen LogP contribution in [0, 0.1) is 343 Å². The molecule has 6 nitrogen and oxygen atoms in total. The molecule has 0 aromatic heterocycles. The number of hydrogen-bond acceptors (Lipinski definition) is 6. The van der Waals surface area contributed by atoms with Crippen LogP contribution in [0.3, 0.4) is 0 Å². The highest BCUT2D eigenvalue weighted by Crippen LogP contribution is 2.72. The molecule has 3 N–H and O–H groups in total. The lowest BCUT2D eigenvalue weighted by molar-refractivity contribution is -0.318. The van der Waals surface area contributed by atoms with Crippen molar-refractivity contribution in [3.05, 3.63) is 12.2 Å². The van der Waals surface area contributed by atoms with E-state index in [0.29, 0.717) is 35.7 Å². The SMILES string of the molecule is CC(=O)OC1CC2CC1C(C)C2C.CC1C(C)C2CC1C1C3CCC(C3)C21.CC1C(C)C2CC1C1C=CCC12.CC1C(C)C2CC1C1CCCC21.CC1C2CC(CO)C(C2)C1C.CC1C2CC(Cl)C(C2)C1C.CC1C2CC(O)C(C2)C1C.CC1C2CCC(C2)C1C.CC1CC2C3CCC(C3)C2C1C.CC1CC2CC1C(C)C2C.CCC(C)(C)C(OO)C1CC2CC1C(C)C2C. The number of aliphatic hydroxyl groups is 2. The van der Waals surface area contributed by atoms with E-state index < -0.39 is 0 Å². The van der Waals surface area contributed by atoms with Crippen LogP contribution in [0.4, 0.5) is 0 Å². The second-order valence-electron chi connectivity index (χ2n) is 56.6. The van der Waals surface area contributed by atoms with E-state index in [2.05, 4.69) is 192 Å². The van der Waals surface area contributed by atoms with Gasteiger partial charge < -0.3 is 14.9 Å². The lowest BCUT2D eigenvalue weighted by Crippen LogP contribution is -2.42. The molecule has 27 aliphatic carbocycles. The number of fused-ring (bicyclic) bond motifs is 38. The number of carbonyl (C=O) groups excluding carboxylic acids is 1. The van der Waals surface area contributed by atoms with E-state index >= 15 is 0 Å². The van der Waals surface area contributed by atoms with Gasteiger partial charge in [-0.25, -0.2) is 4.89 Å². The van der Waals surface area contributed by atoms with Crippen molar-refractivity contribution in [2.24, 2.45) is 343 Å². The van der Waals surface area contributed by atoms with E-state index in [0.717, 1.165) is 297 Å². The molecule has 24 bridgehead atoms. The Kier molecular flexibility index (Phi) is 31.5. The molecule has 27 rings (SSSR count). The molecule has 0 aromatic rings. The van der Waals surface area contributed by atoms with Crippen LogP contribution in [0.15, 0.2) is 12.2 Å². The summed E-state index contributed by atoms with van der Waals surface area (Å²) >= 11 is 6.17. The summed E-state index contributed by atoms with van der Waals surface area (Å²) in [5.41, 5.74) is 0.0762.